The zero-order valence-corrected chi connectivity index (χ0v) is 17.3. The summed E-state index contributed by atoms with van der Waals surface area (Å²) in [6.45, 7) is 3.97. The molecule has 1 N–H and O–H groups in total. The van der Waals surface area contributed by atoms with Crippen molar-refractivity contribution < 1.29 is 18.7 Å². The molecule has 0 fully saturated rings. The fraction of sp³-hybridized carbons (Fsp3) is 0.278. The predicted octanol–water partition coefficient (Wildman–Crippen LogP) is 3.33. The number of benzene rings is 1. The zero-order chi connectivity index (χ0) is 20.8. The first-order valence-corrected chi connectivity index (χ1v) is 10.6. The van der Waals surface area contributed by atoms with Gasteiger partial charge in [-0.3, -0.25) is 14.9 Å². The Bertz CT molecular complexity index is 1000. The summed E-state index contributed by atoms with van der Waals surface area (Å²) >= 11 is 2.36. The molecule has 0 saturated carbocycles. The number of halogens is 1. The predicted molar refractivity (Wildman–Crippen MR) is 108 cm³/mol. The first-order chi connectivity index (χ1) is 14.0. The first kappa shape index (κ1) is 20.9. The fourth-order valence-corrected chi connectivity index (χ4v) is 4.06. The molecule has 0 saturated heterocycles. The van der Waals surface area contributed by atoms with Crippen LogP contribution in [0, 0.1) is 5.82 Å². The van der Waals surface area contributed by atoms with Crippen molar-refractivity contribution in [3.63, 3.8) is 0 Å². The van der Waals surface area contributed by atoms with E-state index in [2.05, 4.69) is 20.6 Å². The molecule has 0 unspecified atom stereocenters. The molecule has 0 aliphatic heterocycles. The third-order valence-electron chi connectivity index (χ3n) is 3.77. The zero-order valence-electron chi connectivity index (χ0n) is 15.7. The Morgan fingerprint density at radius 1 is 1.24 bits per heavy atom. The van der Waals surface area contributed by atoms with Gasteiger partial charge in [-0.25, -0.2) is 9.07 Å². The van der Waals surface area contributed by atoms with Gasteiger partial charge in [-0.15, -0.1) is 10.2 Å². The van der Waals surface area contributed by atoms with Crippen LogP contribution in [0.25, 0.3) is 5.69 Å². The maximum Gasteiger partial charge on any atom is 0.316 e. The Hall–Kier alpha value is -2.79. The minimum atomic E-state index is -0.367. The van der Waals surface area contributed by atoms with Gasteiger partial charge in [0.2, 0.25) is 5.13 Å². The van der Waals surface area contributed by atoms with E-state index >= 15 is 0 Å². The van der Waals surface area contributed by atoms with Crippen molar-refractivity contribution in [3.05, 3.63) is 47.5 Å². The van der Waals surface area contributed by atoms with Crippen molar-refractivity contribution >= 4 is 40.1 Å². The highest BCUT2D eigenvalue weighted by molar-refractivity contribution is 8.01. The van der Waals surface area contributed by atoms with Crippen LogP contribution in [0.15, 0.2) is 34.8 Å². The van der Waals surface area contributed by atoms with Crippen molar-refractivity contribution in [1.29, 1.82) is 0 Å². The van der Waals surface area contributed by atoms with E-state index in [0.717, 1.165) is 0 Å². The van der Waals surface area contributed by atoms with Crippen LogP contribution < -0.4 is 5.32 Å². The van der Waals surface area contributed by atoms with Crippen LogP contribution in [0.5, 0.6) is 0 Å². The average molecular weight is 436 g/mol. The topological polar surface area (TPSA) is 99.0 Å². The summed E-state index contributed by atoms with van der Waals surface area (Å²) in [5.74, 6) is -0.918. The number of ether oxygens (including phenoxy) is 1. The van der Waals surface area contributed by atoms with Gasteiger partial charge in [0.05, 0.1) is 35.5 Å². The van der Waals surface area contributed by atoms with Crippen molar-refractivity contribution in [2.75, 3.05) is 17.7 Å². The molecule has 2 aromatic heterocycles. The van der Waals surface area contributed by atoms with Crippen molar-refractivity contribution in [1.82, 2.24) is 20.0 Å². The largest absolute Gasteiger partial charge is 0.465 e. The number of amides is 1. The third-order valence-corrected chi connectivity index (χ3v) is 5.71. The monoisotopic (exact) mass is 435 g/mol. The molecule has 11 heteroatoms. The fourth-order valence-electron chi connectivity index (χ4n) is 2.51. The molecule has 0 bridgehead atoms. The third kappa shape index (κ3) is 5.18. The molecule has 3 rings (SSSR count). The van der Waals surface area contributed by atoms with Crippen molar-refractivity contribution in [2.24, 2.45) is 0 Å². The molecule has 0 aliphatic rings. The molecule has 8 nitrogen and oxygen atoms in total. The van der Waals surface area contributed by atoms with Crippen molar-refractivity contribution in [2.45, 2.75) is 24.6 Å². The second-order valence-electron chi connectivity index (χ2n) is 5.67. The first-order valence-electron chi connectivity index (χ1n) is 8.78. The summed E-state index contributed by atoms with van der Waals surface area (Å²) in [5.41, 5.74) is 1.75. The van der Waals surface area contributed by atoms with E-state index in [-0.39, 0.29) is 23.4 Å². The van der Waals surface area contributed by atoms with Gasteiger partial charge in [0, 0.05) is 0 Å². The van der Waals surface area contributed by atoms with E-state index in [4.69, 9.17) is 4.74 Å². The minimum absolute atomic E-state index is 0.126. The highest BCUT2D eigenvalue weighted by Crippen LogP contribution is 2.26. The molecule has 2 heterocycles. The number of carbonyl (C=O) groups is 2. The summed E-state index contributed by atoms with van der Waals surface area (Å²) in [6, 6.07) is 5.88. The lowest BCUT2D eigenvalue weighted by Gasteiger charge is -2.07. The number of hydrogen-bond acceptors (Lipinski definition) is 8. The molecule has 29 heavy (non-hydrogen) atoms. The number of nitrogens with one attached hydrogen (secondary N) is 1. The van der Waals surface area contributed by atoms with E-state index in [1.807, 2.05) is 6.92 Å². The molecule has 3 aromatic rings. The Morgan fingerprint density at radius 3 is 2.69 bits per heavy atom. The number of hydrogen-bond donors (Lipinski definition) is 1. The number of esters is 1. The number of anilines is 1. The molecule has 0 atom stereocenters. The van der Waals surface area contributed by atoms with E-state index in [1.165, 1.54) is 41.4 Å². The standard InChI is InChI=1S/C18H18FN5O3S2/c1-3-14-13(9-20-24(14)12-7-5-11(19)6-8-12)16(26)21-17-22-23-18(29-17)28-10-15(25)27-4-2/h5-9H,3-4,10H2,1-2H3,(H,21,22,26). The summed E-state index contributed by atoms with van der Waals surface area (Å²) < 4.78 is 20.2. The van der Waals surface area contributed by atoms with E-state index in [1.54, 1.807) is 23.7 Å². The summed E-state index contributed by atoms with van der Waals surface area (Å²) in [5, 5.41) is 15.2. The lowest BCUT2D eigenvalue weighted by atomic mass is 10.2. The Balaban J connectivity index is 1.70. The molecule has 0 spiro atoms. The van der Waals surface area contributed by atoms with Gasteiger partial charge in [0.1, 0.15) is 5.82 Å². The van der Waals surface area contributed by atoms with Crippen LogP contribution in [0.2, 0.25) is 0 Å². The minimum Gasteiger partial charge on any atom is -0.465 e. The highest BCUT2D eigenvalue weighted by Gasteiger charge is 2.19. The quantitative estimate of drug-likeness (QED) is 0.329. The number of thioether (sulfide) groups is 1. The maximum absolute atomic E-state index is 13.2. The van der Waals surface area contributed by atoms with E-state index < -0.39 is 0 Å². The SMILES string of the molecule is CCOC(=O)CSc1nnc(NC(=O)c2cnn(-c3ccc(F)cc3)c2CC)s1. The molecule has 0 aliphatic carbocycles. The van der Waals surface area contributed by atoms with E-state index in [9.17, 15) is 14.0 Å². The second-order valence-corrected chi connectivity index (χ2v) is 7.87. The van der Waals surface area contributed by atoms with Gasteiger partial charge in [-0.2, -0.15) is 5.10 Å². The normalized spacial score (nSPS) is 10.7. The maximum atomic E-state index is 13.2. The van der Waals surface area contributed by atoms with Crippen LogP contribution in [0.1, 0.15) is 29.9 Å². The van der Waals surface area contributed by atoms with Crippen LogP contribution in [0.3, 0.4) is 0 Å². The average Bonchev–Trinajstić information content (AvgIpc) is 3.34. The van der Waals surface area contributed by atoms with Crippen molar-refractivity contribution in [3.8, 4) is 5.69 Å². The highest BCUT2D eigenvalue weighted by atomic mass is 32.2. The van der Waals surface area contributed by atoms with Crippen LogP contribution >= 0.6 is 23.1 Å². The number of aromatic nitrogens is 4. The van der Waals surface area contributed by atoms with Gasteiger partial charge in [-0.05, 0) is 37.6 Å². The number of carbonyl (C=O) groups excluding carboxylic acids is 2. The van der Waals surface area contributed by atoms with Gasteiger partial charge in [0.15, 0.2) is 4.34 Å². The molecule has 1 aromatic carbocycles. The Labute approximate surface area is 174 Å². The summed E-state index contributed by atoms with van der Waals surface area (Å²) in [4.78, 5) is 24.1. The summed E-state index contributed by atoms with van der Waals surface area (Å²) in [7, 11) is 0. The van der Waals surface area contributed by atoms with E-state index in [0.29, 0.717) is 39.4 Å². The van der Waals surface area contributed by atoms with Crippen LogP contribution in [-0.2, 0) is 16.0 Å². The van der Waals surface area contributed by atoms with Crippen LogP contribution in [0.4, 0.5) is 9.52 Å². The van der Waals surface area contributed by atoms with Gasteiger partial charge in [0.25, 0.3) is 5.91 Å². The lowest BCUT2D eigenvalue weighted by Crippen LogP contribution is -2.14. The molecular formula is C18H18FN5O3S2. The molecule has 1 amide bonds. The van der Waals surface area contributed by atoms with Gasteiger partial charge < -0.3 is 4.74 Å². The number of nitrogens with zero attached hydrogens (tertiary/aromatic N) is 4. The molecular weight excluding hydrogens is 417 g/mol. The van der Waals surface area contributed by atoms with Gasteiger partial charge in [-0.1, -0.05) is 30.0 Å². The molecule has 152 valence electrons. The summed E-state index contributed by atoms with van der Waals surface area (Å²) in [6.07, 6.45) is 2.02. The number of rotatable bonds is 8. The second kappa shape index (κ2) is 9.61. The smallest absolute Gasteiger partial charge is 0.316 e. The Morgan fingerprint density at radius 2 is 2.00 bits per heavy atom. The van der Waals surface area contributed by atoms with Crippen LogP contribution in [-0.4, -0.2) is 44.2 Å². The lowest BCUT2D eigenvalue weighted by molar-refractivity contribution is -0.139. The Kier molecular flexibility index (Phi) is 6.94. The molecule has 0 radical (unpaired) electrons. The van der Waals surface area contributed by atoms with Gasteiger partial charge >= 0.3 is 5.97 Å².